The van der Waals surface area contributed by atoms with E-state index < -0.39 is 0 Å². The minimum atomic E-state index is -0.116. The summed E-state index contributed by atoms with van der Waals surface area (Å²) in [5, 5.41) is 4.22. The Morgan fingerprint density at radius 1 is 1.15 bits per heavy atom. The average Bonchev–Trinajstić information content (AvgIpc) is 3.23. The number of carbonyl (C=O) groups is 1. The molecule has 1 aromatic carbocycles. The number of hydrogen-bond donors (Lipinski definition) is 0. The molecule has 4 rings (SSSR count). The van der Waals surface area contributed by atoms with Gasteiger partial charge in [0.15, 0.2) is 0 Å². The van der Waals surface area contributed by atoms with Crippen LogP contribution in [0.4, 0.5) is 0 Å². The summed E-state index contributed by atoms with van der Waals surface area (Å²) in [6.45, 7) is 3.00. The lowest BCUT2D eigenvalue weighted by Crippen LogP contribution is -2.47. The van der Waals surface area contributed by atoms with E-state index in [4.69, 9.17) is 4.74 Å². The normalized spacial score (nSPS) is 20.1. The molecule has 0 spiro atoms. The Kier molecular flexibility index (Phi) is 4.50. The fourth-order valence-electron chi connectivity index (χ4n) is 3.23. The van der Waals surface area contributed by atoms with Crippen LogP contribution in [0.3, 0.4) is 0 Å². The smallest absolute Gasteiger partial charge is 0.273 e. The van der Waals surface area contributed by atoms with Gasteiger partial charge in [0, 0.05) is 25.1 Å². The molecule has 3 aromatic rings. The summed E-state index contributed by atoms with van der Waals surface area (Å²) >= 11 is 0. The Hall–Kier alpha value is -2.99. The van der Waals surface area contributed by atoms with Gasteiger partial charge in [-0.2, -0.15) is 5.10 Å². The standard InChI is InChI=1S/C20H20N4O2/c1-15-13-23(19(14-26-15)16-6-3-2-4-7-16)20(25)18-12-17(8-10-21-18)24-11-5-9-22-24/h2-12,15,19H,13-14H2,1H3/t15-,19+/m0/s1. The van der Waals surface area contributed by atoms with Gasteiger partial charge in [0.05, 0.1) is 24.4 Å². The van der Waals surface area contributed by atoms with E-state index in [9.17, 15) is 4.79 Å². The number of pyridine rings is 1. The number of ether oxygens (including phenoxy) is 1. The van der Waals surface area contributed by atoms with E-state index in [-0.39, 0.29) is 18.1 Å². The van der Waals surface area contributed by atoms with Crippen LogP contribution < -0.4 is 0 Å². The number of amides is 1. The fourth-order valence-corrected chi connectivity index (χ4v) is 3.23. The van der Waals surface area contributed by atoms with Gasteiger partial charge < -0.3 is 9.64 Å². The van der Waals surface area contributed by atoms with Crippen molar-refractivity contribution in [1.82, 2.24) is 19.7 Å². The quantitative estimate of drug-likeness (QED) is 0.730. The summed E-state index contributed by atoms with van der Waals surface area (Å²) in [6, 6.07) is 15.3. The van der Waals surface area contributed by atoms with Crippen LogP contribution in [0.25, 0.3) is 5.69 Å². The van der Waals surface area contributed by atoms with Gasteiger partial charge in [0.1, 0.15) is 5.69 Å². The molecule has 2 atom stereocenters. The Morgan fingerprint density at radius 2 is 2.00 bits per heavy atom. The molecule has 0 radical (unpaired) electrons. The van der Waals surface area contributed by atoms with Crippen molar-refractivity contribution in [3.05, 3.63) is 78.4 Å². The van der Waals surface area contributed by atoms with Crippen molar-refractivity contribution in [2.24, 2.45) is 0 Å². The van der Waals surface area contributed by atoms with Crippen molar-refractivity contribution >= 4 is 5.91 Å². The molecule has 1 saturated heterocycles. The highest BCUT2D eigenvalue weighted by Gasteiger charge is 2.32. The van der Waals surface area contributed by atoms with Crippen LogP contribution in [0.2, 0.25) is 0 Å². The zero-order valence-corrected chi connectivity index (χ0v) is 14.5. The number of hydrogen-bond acceptors (Lipinski definition) is 4. The highest BCUT2D eigenvalue weighted by molar-refractivity contribution is 5.93. The van der Waals surface area contributed by atoms with E-state index in [2.05, 4.69) is 10.1 Å². The molecule has 0 N–H and O–H groups in total. The molecule has 3 heterocycles. The largest absolute Gasteiger partial charge is 0.374 e. The maximum Gasteiger partial charge on any atom is 0.273 e. The molecule has 6 nitrogen and oxygen atoms in total. The maximum atomic E-state index is 13.2. The van der Waals surface area contributed by atoms with Crippen LogP contribution in [0.1, 0.15) is 29.0 Å². The molecule has 1 aliphatic rings. The van der Waals surface area contributed by atoms with Crippen LogP contribution in [-0.4, -0.2) is 44.8 Å². The van der Waals surface area contributed by atoms with Gasteiger partial charge in [-0.1, -0.05) is 30.3 Å². The summed E-state index contributed by atoms with van der Waals surface area (Å²) in [5.41, 5.74) is 2.29. The number of nitrogens with zero attached hydrogens (tertiary/aromatic N) is 4. The lowest BCUT2D eigenvalue weighted by molar-refractivity contribution is -0.0449. The summed E-state index contributed by atoms with van der Waals surface area (Å²) in [4.78, 5) is 19.4. The number of benzene rings is 1. The predicted molar refractivity (Wildman–Crippen MR) is 97.0 cm³/mol. The zero-order chi connectivity index (χ0) is 17.9. The molecule has 0 bridgehead atoms. The highest BCUT2D eigenvalue weighted by atomic mass is 16.5. The number of aromatic nitrogens is 3. The third kappa shape index (κ3) is 3.23. The summed E-state index contributed by atoms with van der Waals surface area (Å²) in [5.74, 6) is -0.0944. The van der Waals surface area contributed by atoms with Crippen molar-refractivity contribution < 1.29 is 9.53 Å². The molecular formula is C20H20N4O2. The average molecular weight is 348 g/mol. The first-order valence-corrected chi connectivity index (χ1v) is 8.66. The lowest BCUT2D eigenvalue weighted by Gasteiger charge is -2.38. The number of morpholine rings is 1. The Bertz CT molecular complexity index is 880. The topological polar surface area (TPSA) is 60.2 Å². The minimum absolute atomic E-state index is 0.00629. The van der Waals surface area contributed by atoms with E-state index >= 15 is 0 Å². The summed E-state index contributed by atoms with van der Waals surface area (Å²) < 4.78 is 7.53. The summed E-state index contributed by atoms with van der Waals surface area (Å²) in [6.07, 6.45) is 5.18. The second kappa shape index (κ2) is 7.09. The summed E-state index contributed by atoms with van der Waals surface area (Å²) in [7, 11) is 0. The third-order valence-electron chi connectivity index (χ3n) is 4.55. The zero-order valence-electron chi connectivity index (χ0n) is 14.5. The molecule has 132 valence electrons. The van der Waals surface area contributed by atoms with Gasteiger partial charge >= 0.3 is 0 Å². The lowest BCUT2D eigenvalue weighted by atomic mass is 10.0. The molecule has 1 amide bonds. The fraction of sp³-hybridized carbons (Fsp3) is 0.250. The van der Waals surface area contributed by atoms with Gasteiger partial charge in [-0.05, 0) is 30.7 Å². The molecule has 2 aromatic heterocycles. The molecule has 26 heavy (non-hydrogen) atoms. The molecule has 0 unspecified atom stereocenters. The van der Waals surface area contributed by atoms with Crippen molar-refractivity contribution in [2.75, 3.05) is 13.2 Å². The van der Waals surface area contributed by atoms with Crippen LogP contribution in [0.5, 0.6) is 0 Å². The molecule has 0 aliphatic carbocycles. The first-order chi connectivity index (χ1) is 12.7. The molecule has 1 fully saturated rings. The van der Waals surface area contributed by atoms with Gasteiger partial charge in [0.25, 0.3) is 5.91 Å². The number of rotatable bonds is 3. The second-order valence-electron chi connectivity index (χ2n) is 6.38. The Balaban J connectivity index is 1.65. The Morgan fingerprint density at radius 3 is 2.77 bits per heavy atom. The van der Waals surface area contributed by atoms with E-state index in [1.807, 2.05) is 60.5 Å². The third-order valence-corrected chi connectivity index (χ3v) is 4.55. The van der Waals surface area contributed by atoms with Crippen molar-refractivity contribution in [3.63, 3.8) is 0 Å². The van der Waals surface area contributed by atoms with Gasteiger partial charge in [-0.25, -0.2) is 4.68 Å². The van der Waals surface area contributed by atoms with Crippen LogP contribution in [0, 0.1) is 0 Å². The van der Waals surface area contributed by atoms with E-state index in [1.165, 1.54) is 0 Å². The molecule has 0 saturated carbocycles. The molecular weight excluding hydrogens is 328 g/mol. The van der Waals surface area contributed by atoms with Crippen LogP contribution in [-0.2, 0) is 4.74 Å². The van der Waals surface area contributed by atoms with Crippen molar-refractivity contribution in [3.8, 4) is 5.69 Å². The van der Waals surface area contributed by atoms with Gasteiger partial charge in [0.2, 0.25) is 0 Å². The second-order valence-corrected chi connectivity index (χ2v) is 6.38. The van der Waals surface area contributed by atoms with Gasteiger partial charge in [-0.15, -0.1) is 0 Å². The Labute approximate surface area is 152 Å². The monoisotopic (exact) mass is 348 g/mol. The van der Waals surface area contributed by atoms with E-state index in [0.29, 0.717) is 18.8 Å². The van der Waals surface area contributed by atoms with E-state index in [0.717, 1.165) is 11.3 Å². The molecule has 6 heteroatoms. The maximum absolute atomic E-state index is 13.2. The first-order valence-electron chi connectivity index (χ1n) is 8.66. The first kappa shape index (κ1) is 16.5. The minimum Gasteiger partial charge on any atom is -0.374 e. The van der Waals surface area contributed by atoms with Crippen LogP contribution >= 0.6 is 0 Å². The predicted octanol–water partition coefficient (Wildman–Crippen LogP) is 2.87. The van der Waals surface area contributed by atoms with Crippen molar-refractivity contribution in [2.45, 2.75) is 19.1 Å². The van der Waals surface area contributed by atoms with Gasteiger partial charge in [-0.3, -0.25) is 9.78 Å². The molecule has 1 aliphatic heterocycles. The SMILES string of the molecule is C[C@H]1CN(C(=O)c2cc(-n3cccn3)ccn2)[C@@H](c2ccccc2)CO1. The van der Waals surface area contributed by atoms with E-state index in [1.54, 1.807) is 23.1 Å². The van der Waals surface area contributed by atoms with Crippen molar-refractivity contribution in [1.29, 1.82) is 0 Å². The van der Waals surface area contributed by atoms with Crippen LogP contribution in [0.15, 0.2) is 67.1 Å². The number of carbonyl (C=O) groups excluding carboxylic acids is 1. The highest BCUT2D eigenvalue weighted by Crippen LogP contribution is 2.27.